The highest BCUT2D eigenvalue weighted by molar-refractivity contribution is 7.19. The zero-order chi connectivity index (χ0) is 8.55. The lowest BCUT2D eigenvalue weighted by molar-refractivity contribution is 1.42. The molecule has 12 heavy (non-hydrogen) atoms. The van der Waals surface area contributed by atoms with Gasteiger partial charge in [0.2, 0.25) is 0 Å². The van der Waals surface area contributed by atoms with Gasteiger partial charge in [-0.1, -0.05) is 23.2 Å². The number of nitrogens with one attached hydrogen (secondary N) is 1. The lowest BCUT2D eigenvalue weighted by Gasteiger charge is -1.87. The van der Waals surface area contributed by atoms with Crippen LogP contribution < -0.4 is 0 Å². The van der Waals surface area contributed by atoms with Crippen LogP contribution in [0.2, 0.25) is 9.36 Å². The van der Waals surface area contributed by atoms with E-state index in [-0.39, 0.29) is 0 Å². The van der Waals surface area contributed by atoms with E-state index in [2.05, 4.69) is 4.98 Å². The van der Waals surface area contributed by atoms with Gasteiger partial charge in [-0.15, -0.1) is 11.3 Å². The Morgan fingerprint density at radius 3 is 2.58 bits per heavy atom. The number of aromatic amines is 1. The summed E-state index contributed by atoms with van der Waals surface area (Å²) in [5, 5.41) is 0.717. The predicted octanol–water partition coefficient (Wildman–Crippen LogP) is 4.05. The SMILES string of the molecule is Clc1c[nH]c(-c2ccc(Cl)s2)c1. The lowest BCUT2D eigenvalue weighted by Crippen LogP contribution is -1.65. The van der Waals surface area contributed by atoms with Crippen molar-refractivity contribution in [3.63, 3.8) is 0 Å². The molecule has 2 heterocycles. The Labute approximate surface area is 83.9 Å². The fourth-order valence-electron chi connectivity index (χ4n) is 0.969. The van der Waals surface area contributed by atoms with Crippen LogP contribution in [0.25, 0.3) is 10.6 Å². The zero-order valence-electron chi connectivity index (χ0n) is 5.97. The minimum atomic E-state index is 0.717. The van der Waals surface area contributed by atoms with E-state index in [1.807, 2.05) is 18.2 Å². The maximum atomic E-state index is 5.79. The number of aromatic nitrogens is 1. The van der Waals surface area contributed by atoms with Gasteiger partial charge in [-0.2, -0.15) is 0 Å². The summed E-state index contributed by atoms with van der Waals surface area (Å²) >= 11 is 13.1. The second kappa shape index (κ2) is 3.13. The molecule has 0 saturated carbocycles. The Kier molecular flexibility index (Phi) is 2.13. The normalized spacial score (nSPS) is 10.5. The van der Waals surface area contributed by atoms with E-state index in [0.29, 0.717) is 0 Å². The molecule has 0 aliphatic rings. The fourth-order valence-corrected chi connectivity index (χ4v) is 2.16. The number of halogens is 2. The highest BCUT2D eigenvalue weighted by atomic mass is 35.5. The third kappa shape index (κ3) is 1.51. The van der Waals surface area contributed by atoms with Gasteiger partial charge >= 0.3 is 0 Å². The first-order chi connectivity index (χ1) is 5.75. The Balaban J connectivity index is 2.43. The molecule has 0 aliphatic heterocycles. The molecule has 0 bridgehead atoms. The zero-order valence-corrected chi connectivity index (χ0v) is 8.30. The standard InChI is InChI=1S/C8H5Cl2NS/c9-5-3-6(11-4-5)7-1-2-8(10)12-7/h1-4,11H. The number of thiophene rings is 1. The van der Waals surface area contributed by atoms with Crippen LogP contribution in [0.3, 0.4) is 0 Å². The number of hydrogen-bond donors (Lipinski definition) is 1. The molecule has 4 heteroatoms. The molecule has 0 atom stereocenters. The van der Waals surface area contributed by atoms with Crippen LogP contribution in [0.15, 0.2) is 24.4 Å². The van der Waals surface area contributed by atoms with Crippen molar-refractivity contribution in [1.82, 2.24) is 4.98 Å². The molecule has 0 spiro atoms. The molecule has 0 aliphatic carbocycles. The van der Waals surface area contributed by atoms with E-state index < -0.39 is 0 Å². The van der Waals surface area contributed by atoms with Gasteiger partial charge in [-0.05, 0) is 18.2 Å². The first-order valence-corrected chi connectivity index (χ1v) is 4.92. The lowest BCUT2D eigenvalue weighted by atomic mass is 10.3. The third-order valence-electron chi connectivity index (χ3n) is 1.49. The highest BCUT2D eigenvalue weighted by Gasteiger charge is 2.02. The molecule has 62 valence electrons. The predicted molar refractivity (Wildman–Crippen MR) is 54.1 cm³/mol. The van der Waals surface area contributed by atoms with Crippen LogP contribution in [-0.4, -0.2) is 4.98 Å². The van der Waals surface area contributed by atoms with E-state index in [1.54, 1.807) is 6.20 Å². The molecule has 0 saturated heterocycles. The molecule has 2 aromatic heterocycles. The smallest absolute Gasteiger partial charge is 0.0935 e. The number of H-pyrrole nitrogens is 1. The van der Waals surface area contributed by atoms with Crippen molar-refractivity contribution in [2.75, 3.05) is 0 Å². The van der Waals surface area contributed by atoms with Crippen molar-refractivity contribution >= 4 is 34.5 Å². The van der Waals surface area contributed by atoms with Gasteiger partial charge < -0.3 is 4.98 Å². The van der Waals surface area contributed by atoms with Crippen LogP contribution in [0.5, 0.6) is 0 Å². The Morgan fingerprint density at radius 1 is 1.25 bits per heavy atom. The second-order valence-corrected chi connectivity index (χ2v) is 4.49. The van der Waals surface area contributed by atoms with Crippen LogP contribution >= 0.6 is 34.5 Å². The minimum absolute atomic E-state index is 0.717. The summed E-state index contributed by atoms with van der Waals surface area (Å²) < 4.78 is 0.788. The van der Waals surface area contributed by atoms with Crippen LogP contribution in [0, 0.1) is 0 Å². The van der Waals surface area contributed by atoms with Gasteiger partial charge in [0.15, 0.2) is 0 Å². The van der Waals surface area contributed by atoms with Gasteiger partial charge in [-0.3, -0.25) is 0 Å². The van der Waals surface area contributed by atoms with Gasteiger partial charge in [-0.25, -0.2) is 0 Å². The van der Waals surface area contributed by atoms with E-state index >= 15 is 0 Å². The third-order valence-corrected chi connectivity index (χ3v) is 2.97. The topological polar surface area (TPSA) is 15.8 Å². The molecule has 0 fully saturated rings. The van der Waals surface area contributed by atoms with Crippen LogP contribution in [-0.2, 0) is 0 Å². The fraction of sp³-hybridized carbons (Fsp3) is 0. The number of rotatable bonds is 1. The van der Waals surface area contributed by atoms with E-state index in [9.17, 15) is 0 Å². The molecule has 2 rings (SSSR count). The largest absolute Gasteiger partial charge is 0.359 e. The average Bonchev–Trinajstić information content (AvgIpc) is 2.58. The number of hydrogen-bond acceptors (Lipinski definition) is 1. The maximum absolute atomic E-state index is 5.79. The van der Waals surface area contributed by atoms with Crippen molar-refractivity contribution < 1.29 is 0 Å². The summed E-state index contributed by atoms with van der Waals surface area (Å²) in [5.74, 6) is 0. The molecule has 1 nitrogen and oxygen atoms in total. The van der Waals surface area contributed by atoms with E-state index in [0.717, 1.165) is 19.9 Å². The van der Waals surface area contributed by atoms with Crippen molar-refractivity contribution in [2.24, 2.45) is 0 Å². The highest BCUT2D eigenvalue weighted by Crippen LogP contribution is 2.31. The quantitative estimate of drug-likeness (QED) is 0.743. The maximum Gasteiger partial charge on any atom is 0.0935 e. The Hall–Kier alpha value is -0.440. The summed E-state index contributed by atoms with van der Waals surface area (Å²) in [6, 6.07) is 5.72. The van der Waals surface area contributed by atoms with Crippen molar-refractivity contribution in [2.45, 2.75) is 0 Å². The molecule has 0 amide bonds. The summed E-state index contributed by atoms with van der Waals surface area (Å²) in [7, 11) is 0. The summed E-state index contributed by atoms with van der Waals surface area (Å²) in [6.07, 6.45) is 1.75. The molecular formula is C8H5Cl2NS. The Morgan fingerprint density at radius 2 is 2.08 bits per heavy atom. The van der Waals surface area contributed by atoms with Crippen LogP contribution in [0.1, 0.15) is 0 Å². The monoisotopic (exact) mass is 217 g/mol. The van der Waals surface area contributed by atoms with Gasteiger partial charge in [0, 0.05) is 6.20 Å². The molecule has 2 aromatic rings. The molecule has 1 N–H and O–H groups in total. The van der Waals surface area contributed by atoms with Gasteiger partial charge in [0.1, 0.15) is 0 Å². The Bertz CT molecular complexity index is 353. The van der Waals surface area contributed by atoms with Gasteiger partial charge in [0.25, 0.3) is 0 Å². The summed E-state index contributed by atoms with van der Waals surface area (Å²) in [5.41, 5.74) is 1.01. The molecule has 0 aromatic carbocycles. The molecule has 0 unspecified atom stereocenters. The average molecular weight is 218 g/mol. The van der Waals surface area contributed by atoms with Gasteiger partial charge in [0.05, 0.1) is 19.9 Å². The molecular weight excluding hydrogens is 213 g/mol. The van der Waals surface area contributed by atoms with Crippen molar-refractivity contribution in [3.8, 4) is 10.6 Å². The van der Waals surface area contributed by atoms with Crippen LogP contribution in [0.4, 0.5) is 0 Å². The first-order valence-electron chi connectivity index (χ1n) is 3.35. The van der Waals surface area contributed by atoms with Crippen molar-refractivity contribution in [3.05, 3.63) is 33.8 Å². The first kappa shape index (κ1) is 8.17. The molecule has 0 radical (unpaired) electrons. The minimum Gasteiger partial charge on any atom is -0.359 e. The summed E-state index contributed by atoms with van der Waals surface area (Å²) in [6.45, 7) is 0. The van der Waals surface area contributed by atoms with E-state index in [4.69, 9.17) is 23.2 Å². The van der Waals surface area contributed by atoms with Crippen molar-refractivity contribution in [1.29, 1.82) is 0 Å². The second-order valence-electron chi connectivity index (χ2n) is 2.34. The van der Waals surface area contributed by atoms with E-state index in [1.165, 1.54) is 11.3 Å². The summed E-state index contributed by atoms with van der Waals surface area (Å²) in [4.78, 5) is 4.16.